The third-order valence-electron chi connectivity index (χ3n) is 4.57. The minimum atomic E-state index is -3.73. The molecule has 4 aromatic rings. The van der Waals surface area contributed by atoms with Crippen LogP contribution in [0.3, 0.4) is 0 Å². The van der Waals surface area contributed by atoms with Gasteiger partial charge in [0, 0.05) is 32.4 Å². The number of carbonyl (C=O) groups is 1. The Morgan fingerprint density at radius 2 is 1.93 bits per heavy atom. The van der Waals surface area contributed by atoms with Crippen LogP contribution in [0.1, 0.15) is 13.0 Å². The van der Waals surface area contributed by atoms with E-state index in [0.29, 0.717) is 10.8 Å². The fraction of sp³-hybridized carbons (Fsp3) is 0.100. The third kappa shape index (κ3) is 4.20. The van der Waals surface area contributed by atoms with Crippen molar-refractivity contribution in [1.82, 2.24) is 9.55 Å². The fourth-order valence-electron chi connectivity index (χ4n) is 3.03. The number of aromatic nitrogens is 2. The van der Waals surface area contributed by atoms with E-state index in [9.17, 15) is 13.2 Å². The second-order valence-electron chi connectivity index (χ2n) is 6.53. The zero-order valence-corrected chi connectivity index (χ0v) is 19.5. The lowest BCUT2D eigenvalue weighted by Gasteiger charge is -2.16. The van der Waals surface area contributed by atoms with Gasteiger partial charge in [0.25, 0.3) is 10.0 Å². The molecule has 4 rings (SSSR count). The Hall–Kier alpha value is -2.44. The van der Waals surface area contributed by atoms with Gasteiger partial charge < -0.3 is 9.88 Å². The molecule has 2 aromatic carbocycles. The van der Waals surface area contributed by atoms with Crippen molar-refractivity contribution >= 4 is 71.6 Å². The van der Waals surface area contributed by atoms with Crippen LogP contribution in [-0.4, -0.2) is 23.9 Å². The van der Waals surface area contributed by atoms with E-state index in [0.717, 1.165) is 14.5 Å². The van der Waals surface area contributed by atoms with Crippen LogP contribution in [0.5, 0.6) is 0 Å². The number of hydrogen-bond donors (Lipinski definition) is 2. The summed E-state index contributed by atoms with van der Waals surface area (Å²) in [7, 11) is -3.73. The van der Waals surface area contributed by atoms with E-state index >= 15 is 0 Å². The van der Waals surface area contributed by atoms with Gasteiger partial charge in [0.15, 0.2) is 5.13 Å². The molecule has 7 nitrogen and oxygen atoms in total. The zero-order valence-electron chi connectivity index (χ0n) is 15.7. The number of fused-ring (bicyclic) bond motifs is 1. The molecule has 154 valence electrons. The number of nitrogens with zero attached hydrogens (tertiary/aromatic N) is 2. The van der Waals surface area contributed by atoms with Gasteiger partial charge in [-0.2, -0.15) is 0 Å². The molecule has 10 heteroatoms. The van der Waals surface area contributed by atoms with Crippen LogP contribution in [-0.2, 0) is 14.8 Å². The van der Waals surface area contributed by atoms with Crippen LogP contribution in [0.4, 0.5) is 10.8 Å². The van der Waals surface area contributed by atoms with E-state index in [1.54, 1.807) is 17.5 Å². The number of anilines is 2. The molecule has 1 amide bonds. The fourth-order valence-corrected chi connectivity index (χ4v) is 5.62. The van der Waals surface area contributed by atoms with E-state index in [1.807, 2.05) is 42.0 Å². The largest absolute Gasteiger partial charge is 0.334 e. The summed E-state index contributed by atoms with van der Waals surface area (Å²) in [5.41, 5.74) is 1.53. The molecule has 0 fully saturated rings. The Kier molecular flexibility index (Phi) is 5.80. The number of thiazole rings is 1. The number of hydrogen-bond acceptors (Lipinski definition) is 5. The van der Waals surface area contributed by atoms with Crippen molar-refractivity contribution in [3.05, 3.63) is 69.9 Å². The van der Waals surface area contributed by atoms with Crippen LogP contribution >= 0.6 is 33.9 Å². The SMILES string of the molecule is CC(C(=O)Nc1ccc(S(=O)(=O)Nc2nccs2)cc1)n1ccc2cccc(I)c21. The number of sulfonamides is 1. The standard InChI is InChI=1S/C20H17IN4O3S2/c1-13(25-11-9-14-3-2-4-17(21)18(14)25)19(26)23-15-5-7-16(8-6-15)30(27,28)24-20-22-10-12-29-20/h2-13H,1H3,(H,22,24)(H,23,26). The highest BCUT2D eigenvalue weighted by Gasteiger charge is 2.19. The summed E-state index contributed by atoms with van der Waals surface area (Å²) in [4.78, 5) is 16.8. The monoisotopic (exact) mass is 552 g/mol. The first-order chi connectivity index (χ1) is 14.3. The average Bonchev–Trinajstić information content (AvgIpc) is 3.38. The predicted molar refractivity (Wildman–Crippen MR) is 127 cm³/mol. The molecule has 1 atom stereocenters. The van der Waals surface area contributed by atoms with Gasteiger partial charge in [-0.05, 0) is 65.9 Å². The second kappa shape index (κ2) is 8.36. The third-order valence-corrected chi connectivity index (χ3v) is 7.62. The maximum absolute atomic E-state index is 12.8. The van der Waals surface area contributed by atoms with Crippen molar-refractivity contribution in [2.75, 3.05) is 10.0 Å². The highest BCUT2D eigenvalue weighted by molar-refractivity contribution is 14.1. The summed E-state index contributed by atoms with van der Waals surface area (Å²) in [5.74, 6) is -0.191. The van der Waals surface area contributed by atoms with E-state index in [2.05, 4.69) is 37.6 Å². The molecule has 0 bridgehead atoms. The first kappa shape index (κ1) is 20.8. The molecular formula is C20H17IN4O3S2. The first-order valence-corrected chi connectivity index (χ1v) is 12.4. The molecule has 2 heterocycles. The Balaban J connectivity index is 1.49. The van der Waals surface area contributed by atoms with Crippen molar-refractivity contribution in [3.63, 3.8) is 0 Å². The van der Waals surface area contributed by atoms with Gasteiger partial charge in [0.2, 0.25) is 5.91 Å². The topological polar surface area (TPSA) is 93.1 Å². The highest BCUT2D eigenvalue weighted by atomic mass is 127. The average molecular weight is 552 g/mol. The van der Waals surface area contributed by atoms with Gasteiger partial charge >= 0.3 is 0 Å². The molecule has 0 radical (unpaired) electrons. The molecule has 0 aliphatic rings. The van der Waals surface area contributed by atoms with Crippen molar-refractivity contribution in [2.45, 2.75) is 17.9 Å². The highest BCUT2D eigenvalue weighted by Crippen LogP contribution is 2.26. The number of rotatable bonds is 6. The van der Waals surface area contributed by atoms with Crippen LogP contribution in [0.2, 0.25) is 0 Å². The number of halogens is 1. The first-order valence-electron chi connectivity index (χ1n) is 8.93. The van der Waals surface area contributed by atoms with E-state index in [4.69, 9.17) is 0 Å². The minimum Gasteiger partial charge on any atom is -0.334 e. The molecule has 0 aliphatic carbocycles. The van der Waals surface area contributed by atoms with Crippen molar-refractivity contribution < 1.29 is 13.2 Å². The lowest BCUT2D eigenvalue weighted by atomic mass is 10.2. The molecule has 1 unspecified atom stereocenters. The number of amides is 1. The summed E-state index contributed by atoms with van der Waals surface area (Å²) in [6, 6.07) is 13.6. The van der Waals surface area contributed by atoms with Gasteiger partial charge in [0.05, 0.1) is 10.4 Å². The van der Waals surface area contributed by atoms with Gasteiger partial charge in [-0.3, -0.25) is 9.52 Å². The maximum atomic E-state index is 12.8. The van der Waals surface area contributed by atoms with Crippen molar-refractivity contribution in [1.29, 1.82) is 0 Å². The number of carbonyl (C=O) groups excluding carboxylic acids is 1. The van der Waals surface area contributed by atoms with Crippen LogP contribution in [0, 0.1) is 3.57 Å². The lowest BCUT2D eigenvalue weighted by molar-refractivity contribution is -0.118. The predicted octanol–water partition coefficient (Wildman–Crippen LogP) is 4.70. The quantitative estimate of drug-likeness (QED) is 0.339. The van der Waals surface area contributed by atoms with Crippen LogP contribution in [0.25, 0.3) is 10.9 Å². The molecule has 30 heavy (non-hydrogen) atoms. The summed E-state index contributed by atoms with van der Waals surface area (Å²) < 4.78 is 30.3. The van der Waals surface area contributed by atoms with Crippen molar-refractivity contribution in [2.24, 2.45) is 0 Å². The number of nitrogens with one attached hydrogen (secondary N) is 2. The Morgan fingerprint density at radius 3 is 2.63 bits per heavy atom. The molecule has 2 aromatic heterocycles. The van der Waals surface area contributed by atoms with E-state index in [1.165, 1.54) is 29.7 Å². The summed E-state index contributed by atoms with van der Waals surface area (Å²) >= 11 is 3.46. The normalized spacial score (nSPS) is 12.6. The second-order valence-corrected chi connectivity index (χ2v) is 10.3. The van der Waals surface area contributed by atoms with E-state index in [-0.39, 0.29) is 10.8 Å². The Bertz CT molecular complexity index is 1300. The van der Waals surface area contributed by atoms with Crippen molar-refractivity contribution in [3.8, 4) is 0 Å². The molecule has 0 aliphatic heterocycles. The maximum Gasteiger partial charge on any atom is 0.263 e. The molecular weight excluding hydrogens is 535 g/mol. The summed E-state index contributed by atoms with van der Waals surface area (Å²) in [6.45, 7) is 1.83. The Morgan fingerprint density at radius 1 is 1.17 bits per heavy atom. The number of para-hydroxylation sites is 1. The molecule has 0 spiro atoms. The van der Waals surface area contributed by atoms with E-state index < -0.39 is 16.1 Å². The van der Waals surface area contributed by atoms with Gasteiger partial charge in [-0.1, -0.05) is 12.1 Å². The summed E-state index contributed by atoms with van der Waals surface area (Å²) in [5, 5.41) is 5.91. The van der Waals surface area contributed by atoms with Gasteiger partial charge in [-0.25, -0.2) is 13.4 Å². The smallest absolute Gasteiger partial charge is 0.263 e. The number of benzene rings is 2. The van der Waals surface area contributed by atoms with Gasteiger partial charge in [0.1, 0.15) is 6.04 Å². The van der Waals surface area contributed by atoms with Crippen LogP contribution in [0.15, 0.2) is 71.2 Å². The van der Waals surface area contributed by atoms with Gasteiger partial charge in [-0.15, -0.1) is 11.3 Å². The minimum absolute atomic E-state index is 0.0923. The Labute approximate surface area is 191 Å². The molecule has 2 N–H and O–H groups in total. The molecule has 0 saturated carbocycles. The van der Waals surface area contributed by atoms with Crippen LogP contribution < -0.4 is 10.0 Å². The lowest BCUT2D eigenvalue weighted by Crippen LogP contribution is -2.23. The molecule has 0 saturated heterocycles. The summed E-state index contributed by atoms with van der Waals surface area (Å²) in [6.07, 6.45) is 3.42. The zero-order chi connectivity index (χ0) is 21.3.